The maximum Gasteiger partial charge on any atom is 0.338 e. The zero-order valence-electron chi connectivity index (χ0n) is 22.9. The van der Waals surface area contributed by atoms with Crippen LogP contribution in [0.2, 0.25) is 0 Å². The van der Waals surface area contributed by atoms with Crippen molar-refractivity contribution in [3.8, 4) is 0 Å². The van der Waals surface area contributed by atoms with E-state index in [4.69, 9.17) is 10.2 Å². The smallest absolute Gasteiger partial charge is 0.338 e. The summed E-state index contributed by atoms with van der Waals surface area (Å²) < 4.78 is 0. The lowest BCUT2D eigenvalue weighted by molar-refractivity contribution is -0.153. The molecule has 0 aromatic heterocycles. The van der Waals surface area contributed by atoms with Gasteiger partial charge in [-0.05, 0) is 31.2 Å². The lowest BCUT2D eigenvalue weighted by Crippen LogP contribution is -2.47. The van der Waals surface area contributed by atoms with Crippen molar-refractivity contribution in [3.63, 3.8) is 0 Å². The highest BCUT2D eigenvalue weighted by Gasteiger charge is 2.30. The van der Waals surface area contributed by atoms with Gasteiger partial charge < -0.3 is 26.2 Å². The third-order valence-corrected chi connectivity index (χ3v) is 5.81. The number of Topliss-reactive ketones (excluding diaryl/α,β-unsaturated/α-hetero) is 2. The Labute approximate surface area is 232 Å². The lowest BCUT2D eigenvalue weighted by Gasteiger charge is -2.23. The van der Waals surface area contributed by atoms with Gasteiger partial charge in [0.2, 0.25) is 23.8 Å². The molecule has 218 valence electrons. The van der Waals surface area contributed by atoms with Gasteiger partial charge in [0.05, 0.1) is 12.6 Å². The van der Waals surface area contributed by atoms with Gasteiger partial charge in [-0.1, -0.05) is 50.8 Å². The van der Waals surface area contributed by atoms with Gasteiger partial charge in [0.1, 0.15) is 0 Å². The van der Waals surface area contributed by atoms with E-state index in [1.54, 1.807) is 30.3 Å². The summed E-state index contributed by atoms with van der Waals surface area (Å²) in [5.41, 5.74) is 1.02. The number of hydrogen-bond acceptors (Lipinski definition) is 7. The van der Waals surface area contributed by atoms with Crippen LogP contribution >= 0.6 is 0 Å². The predicted molar refractivity (Wildman–Crippen MR) is 144 cm³/mol. The third-order valence-electron chi connectivity index (χ3n) is 5.81. The first-order valence-electron chi connectivity index (χ1n) is 12.8. The average Bonchev–Trinajstić information content (AvgIpc) is 2.87. The second-order valence-corrected chi connectivity index (χ2v) is 9.93. The Kier molecular flexibility index (Phi) is 14.0. The van der Waals surface area contributed by atoms with E-state index in [1.807, 2.05) is 19.2 Å². The van der Waals surface area contributed by atoms with Crippen LogP contribution in [-0.4, -0.2) is 70.1 Å². The molecule has 1 aromatic carbocycles. The Bertz CT molecular complexity index is 1100. The number of nitrogens with one attached hydrogen (secondary N) is 3. The van der Waals surface area contributed by atoms with Gasteiger partial charge in [0, 0.05) is 30.8 Å². The quantitative estimate of drug-likeness (QED) is 0.129. The van der Waals surface area contributed by atoms with Crippen LogP contribution < -0.4 is 16.0 Å². The molecule has 0 fully saturated rings. The van der Waals surface area contributed by atoms with Gasteiger partial charge in [0.15, 0.2) is 11.6 Å². The summed E-state index contributed by atoms with van der Waals surface area (Å²) in [6.45, 7) is 8.38. The molecule has 12 nitrogen and oxygen atoms in total. The van der Waals surface area contributed by atoms with Crippen molar-refractivity contribution < 1.29 is 43.8 Å². The molecule has 3 amide bonds. The van der Waals surface area contributed by atoms with E-state index in [9.17, 15) is 33.6 Å². The predicted octanol–water partition coefficient (Wildman–Crippen LogP) is 1.03. The van der Waals surface area contributed by atoms with Crippen LogP contribution in [0.1, 0.15) is 52.0 Å². The summed E-state index contributed by atoms with van der Waals surface area (Å²) >= 11 is 0. The molecule has 5 N–H and O–H groups in total. The van der Waals surface area contributed by atoms with E-state index >= 15 is 0 Å². The number of ketones is 2. The van der Waals surface area contributed by atoms with E-state index in [0.29, 0.717) is 0 Å². The number of carboxylic acid groups (broad SMARTS) is 2. The van der Waals surface area contributed by atoms with Crippen LogP contribution in [0.3, 0.4) is 0 Å². The van der Waals surface area contributed by atoms with Crippen LogP contribution in [0.5, 0.6) is 0 Å². The fraction of sp³-hybridized carbons (Fsp3) is 0.464. The zero-order chi connectivity index (χ0) is 30.4. The molecule has 0 aliphatic carbocycles. The van der Waals surface area contributed by atoms with Gasteiger partial charge in [-0.15, -0.1) is 0 Å². The highest BCUT2D eigenvalue weighted by Crippen LogP contribution is 2.16. The number of carbonyl (C=O) groups is 7. The molecule has 1 aromatic rings. The maximum absolute atomic E-state index is 13.3. The van der Waals surface area contributed by atoms with Crippen molar-refractivity contribution in [2.75, 3.05) is 6.54 Å². The summed E-state index contributed by atoms with van der Waals surface area (Å²) in [6, 6.07) is 5.83. The van der Waals surface area contributed by atoms with E-state index in [2.05, 4.69) is 17.2 Å². The molecule has 0 aliphatic heterocycles. The summed E-state index contributed by atoms with van der Waals surface area (Å²) in [4.78, 5) is 84.7. The van der Waals surface area contributed by atoms with Crippen molar-refractivity contribution in [1.29, 1.82) is 0 Å². The zero-order valence-corrected chi connectivity index (χ0v) is 22.9. The molecule has 2 atom stereocenters. The number of carbonyl (C=O) groups excluding carboxylic acids is 5. The van der Waals surface area contributed by atoms with E-state index in [0.717, 1.165) is 5.56 Å². The first kappa shape index (κ1) is 33.7. The Morgan fingerprint density at radius 3 is 2.02 bits per heavy atom. The largest absolute Gasteiger partial charge is 0.479 e. The Morgan fingerprint density at radius 1 is 0.900 bits per heavy atom. The van der Waals surface area contributed by atoms with Crippen molar-refractivity contribution >= 4 is 41.2 Å². The van der Waals surface area contributed by atoms with Crippen molar-refractivity contribution in [2.45, 2.75) is 65.0 Å². The minimum atomic E-state index is -2.15. The van der Waals surface area contributed by atoms with Crippen molar-refractivity contribution in [1.82, 2.24) is 16.0 Å². The van der Waals surface area contributed by atoms with Gasteiger partial charge in [-0.3, -0.25) is 24.0 Å². The number of hydrogen-bond donors (Lipinski definition) is 5. The first-order valence-corrected chi connectivity index (χ1v) is 12.8. The normalized spacial score (nSPS) is 12.2. The average molecular weight is 560 g/mol. The number of carboxylic acids is 2. The Hall–Kier alpha value is -4.35. The number of rotatable bonds is 18. The number of aliphatic carboxylic acids is 2. The summed E-state index contributed by atoms with van der Waals surface area (Å²) in [5, 5.41) is 24.8. The standard InChI is InChI=1S/C28H37N3O9/c1-16(2)12-21(22(33)10-11-23(34)31-24(27(37)38)28(39)40)30-26(36)19(13-18-8-6-5-7-9-18)14-20(32)15-29-25(35)17(3)4/h5-9,16,19,21,24H,3,10-15H2,1-2,4H3,(H,29,35)(H,30,36)(H,31,34)(H,37,38)(H,39,40). The van der Waals surface area contributed by atoms with Gasteiger partial charge in [-0.2, -0.15) is 0 Å². The number of benzene rings is 1. The van der Waals surface area contributed by atoms with Crippen molar-refractivity contribution in [3.05, 3.63) is 48.0 Å². The SMILES string of the molecule is C=C(C)C(=O)NCC(=O)CC(Cc1ccccc1)C(=O)NC(CC(C)C)C(=O)CCC(=O)NC(C(=O)O)C(=O)O. The van der Waals surface area contributed by atoms with Gasteiger partial charge >= 0.3 is 11.9 Å². The van der Waals surface area contributed by atoms with E-state index in [-0.39, 0.29) is 49.5 Å². The summed E-state index contributed by atoms with van der Waals surface area (Å²) in [7, 11) is 0. The second-order valence-electron chi connectivity index (χ2n) is 9.93. The molecule has 0 saturated carbocycles. The van der Waals surface area contributed by atoms with Crippen LogP contribution in [0.4, 0.5) is 0 Å². The Balaban J connectivity index is 2.97. The summed E-state index contributed by atoms with van der Waals surface area (Å²) in [5.74, 6) is -7.26. The number of amides is 3. The molecular formula is C28H37N3O9. The molecule has 40 heavy (non-hydrogen) atoms. The fourth-order valence-corrected chi connectivity index (χ4v) is 3.74. The summed E-state index contributed by atoms with van der Waals surface area (Å²) in [6.07, 6.45) is -0.614. The van der Waals surface area contributed by atoms with Crippen molar-refractivity contribution in [2.24, 2.45) is 11.8 Å². The van der Waals surface area contributed by atoms with Crippen LogP contribution in [-0.2, 0) is 40.0 Å². The fourth-order valence-electron chi connectivity index (χ4n) is 3.74. The second kappa shape index (κ2) is 16.6. The van der Waals surface area contributed by atoms with Crippen LogP contribution in [0.15, 0.2) is 42.5 Å². The Morgan fingerprint density at radius 2 is 1.50 bits per heavy atom. The molecular weight excluding hydrogens is 522 g/mol. The molecule has 0 saturated heterocycles. The molecule has 0 heterocycles. The molecule has 0 spiro atoms. The van der Waals surface area contributed by atoms with Gasteiger partial charge in [0.25, 0.3) is 0 Å². The molecule has 0 radical (unpaired) electrons. The van der Waals surface area contributed by atoms with Crippen LogP contribution in [0, 0.1) is 11.8 Å². The first-order chi connectivity index (χ1) is 18.7. The third kappa shape index (κ3) is 12.5. The minimum absolute atomic E-state index is 0.0296. The minimum Gasteiger partial charge on any atom is -0.479 e. The topological polar surface area (TPSA) is 196 Å². The maximum atomic E-state index is 13.3. The molecule has 0 aliphatic rings. The highest BCUT2D eigenvalue weighted by molar-refractivity contribution is 6.01. The van der Waals surface area contributed by atoms with Gasteiger partial charge in [-0.25, -0.2) is 9.59 Å². The lowest BCUT2D eigenvalue weighted by atomic mass is 9.91. The monoisotopic (exact) mass is 559 g/mol. The molecule has 2 unspecified atom stereocenters. The van der Waals surface area contributed by atoms with Crippen LogP contribution in [0.25, 0.3) is 0 Å². The molecule has 12 heteroatoms. The van der Waals surface area contributed by atoms with E-state index in [1.165, 1.54) is 6.92 Å². The molecule has 0 bridgehead atoms. The highest BCUT2D eigenvalue weighted by atomic mass is 16.4. The van der Waals surface area contributed by atoms with E-state index < -0.39 is 59.9 Å². The molecule has 1 rings (SSSR count).